The lowest BCUT2D eigenvalue weighted by molar-refractivity contribution is -0.106. The molecular formula is C19H29N3O2. The van der Waals surface area contributed by atoms with Gasteiger partial charge in [0.1, 0.15) is 12.4 Å². The van der Waals surface area contributed by atoms with Crippen molar-refractivity contribution >= 4 is 5.96 Å². The highest BCUT2D eigenvalue weighted by Crippen LogP contribution is 2.52. The quantitative estimate of drug-likeness (QED) is 0.478. The van der Waals surface area contributed by atoms with Crippen LogP contribution in [0, 0.1) is 11.3 Å². The highest BCUT2D eigenvalue weighted by atomic mass is 16.5. The Morgan fingerprint density at radius 1 is 1.33 bits per heavy atom. The molecule has 1 saturated carbocycles. The lowest BCUT2D eigenvalue weighted by Crippen LogP contribution is -2.68. The standard InChI is InChI=1S/C19H29N3O2/c1-4-20-18(21-11-13-23-14-8-6-5-7-9-14)22-16-15-10-12-24-17(15)19(16,2)3/h5-9,15-17H,4,10-13H2,1-3H3,(H2,20,21,22). The van der Waals surface area contributed by atoms with Gasteiger partial charge < -0.3 is 20.1 Å². The van der Waals surface area contributed by atoms with Gasteiger partial charge in [0, 0.05) is 30.5 Å². The predicted octanol–water partition coefficient (Wildman–Crippen LogP) is 2.43. The van der Waals surface area contributed by atoms with Crippen molar-refractivity contribution in [3.05, 3.63) is 30.3 Å². The van der Waals surface area contributed by atoms with E-state index in [9.17, 15) is 0 Å². The fraction of sp³-hybridized carbons (Fsp3) is 0.632. The van der Waals surface area contributed by atoms with E-state index < -0.39 is 0 Å². The molecule has 1 aromatic rings. The highest BCUT2D eigenvalue weighted by molar-refractivity contribution is 5.80. The maximum atomic E-state index is 5.87. The number of benzene rings is 1. The fourth-order valence-corrected chi connectivity index (χ4v) is 3.92. The molecule has 132 valence electrons. The van der Waals surface area contributed by atoms with Crippen LogP contribution >= 0.6 is 0 Å². The number of guanidine groups is 1. The topological polar surface area (TPSA) is 54.9 Å². The first-order chi connectivity index (χ1) is 11.6. The smallest absolute Gasteiger partial charge is 0.191 e. The van der Waals surface area contributed by atoms with Gasteiger partial charge in [0.15, 0.2) is 5.96 Å². The van der Waals surface area contributed by atoms with Crippen molar-refractivity contribution in [2.75, 3.05) is 26.3 Å². The van der Waals surface area contributed by atoms with E-state index in [1.54, 1.807) is 0 Å². The monoisotopic (exact) mass is 331 g/mol. The molecule has 3 atom stereocenters. The normalized spacial score (nSPS) is 28.0. The van der Waals surface area contributed by atoms with E-state index in [1.807, 2.05) is 30.3 Å². The number of nitrogens with zero attached hydrogens (tertiary/aromatic N) is 1. The molecule has 1 heterocycles. The van der Waals surface area contributed by atoms with E-state index in [4.69, 9.17) is 9.47 Å². The Balaban J connectivity index is 1.52. The minimum absolute atomic E-state index is 0.151. The van der Waals surface area contributed by atoms with Gasteiger partial charge in [0.05, 0.1) is 12.6 Å². The lowest BCUT2D eigenvalue weighted by Gasteiger charge is -2.54. The average Bonchev–Trinajstić information content (AvgIpc) is 3.04. The maximum Gasteiger partial charge on any atom is 0.191 e. The summed E-state index contributed by atoms with van der Waals surface area (Å²) in [5.74, 6) is 2.36. The molecule has 1 saturated heterocycles. The van der Waals surface area contributed by atoms with Crippen molar-refractivity contribution in [3.63, 3.8) is 0 Å². The number of para-hydroxylation sites is 1. The minimum Gasteiger partial charge on any atom is -0.492 e. The van der Waals surface area contributed by atoms with Gasteiger partial charge in [-0.25, -0.2) is 4.99 Å². The fourth-order valence-electron chi connectivity index (χ4n) is 3.92. The Morgan fingerprint density at radius 2 is 2.12 bits per heavy atom. The molecule has 0 spiro atoms. The summed E-state index contributed by atoms with van der Waals surface area (Å²) in [7, 11) is 0. The van der Waals surface area contributed by atoms with Crippen molar-refractivity contribution < 1.29 is 9.47 Å². The molecule has 0 bridgehead atoms. The van der Waals surface area contributed by atoms with Gasteiger partial charge in [-0.3, -0.25) is 0 Å². The zero-order valence-electron chi connectivity index (χ0n) is 14.9. The molecule has 1 aliphatic carbocycles. The minimum atomic E-state index is 0.151. The zero-order valence-corrected chi connectivity index (χ0v) is 14.9. The molecule has 5 nitrogen and oxygen atoms in total. The predicted molar refractivity (Wildman–Crippen MR) is 96.5 cm³/mol. The highest BCUT2D eigenvalue weighted by Gasteiger charge is 2.59. The van der Waals surface area contributed by atoms with Crippen molar-refractivity contribution in [2.45, 2.75) is 39.3 Å². The van der Waals surface area contributed by atoms with Crippen LogP contribution in [0.3, 0.4) is 0 Å². The maximum absolute atomic E-state index is 5.87. The summed E-state index contributed by atoms with van der Waals surface area (Å²) in [6.45, 7) is 9.58. The van der Waals surface area contributed by atoms with E-state index in [0.29, 0.717) is 31.2 Å². The van der Waals surface area contributed by atoms with E-state index in [-0.39, 0.29) is 5.41 Å². The molecule has 3 rings (SSSR count). The molecule has 2 aliphatic rings. The van der Waals surface area contributed by atoms with Crippen LogP contribution in [-0.4, -0.2) is 44.4 Å². The van der Waals surface area contributed by atoms with Crippen molar-refractivity contribution in [2.24, 2.45) is 16.3 Å². The molecule has 1 aliphatic heterocycles. The molecular weight excluding hydrogens is 302 g/mol. The Morgan fingerprint density at radius 3 is 2.88 bits per heavy atom. The zero-order chi connectivity index (χ0) is 17.0. The summed E-state index contributed by atoms with van der Waals surface area (Å²) >= 11 is 0. The first kappa shape index (κ1) is 17.1. The number of nitrogens with one attached hydrogen (secondary N) is 2. The van der Waals surface area contributed by atoms with E-state index in [2.05, 4.69) is 36.4 Å². The van der Waals surface area contributed by atoms with Crippen LogP contribution in [0.25, 0.3) is 0 Å². The largest absolute Gasteiger partial charge is 0.492 e. The third kappa shape index (κ3) is 3.51. The third-order valence-electron chi connectivity index (χ3n) is 5.11. The van der Waals surface area contributed by atoms with E-state index in [0.717, 1.165) is 31.3 Å². The number of hydrogen-bond donors (Lipinski definition) is 2. The summed E-state index contributed by atoms with van der Waals surface area (Å²) in [6.07, 6.45) is 1.53. The van der Waals surface area contributed by atoms with Crippen LogP contribution in [0.5, 0.6) is 5.75 Å². The summed E-state index contributed by atoms with van der Waals surface area (Å²) < 4.78 is 11.6. The molecule has 2 fully saturated rings. The van der Waals surface area contributed by atoms with Gasteiger partial charge in [0.2, 0.25) is 0 Å². The summed E-state index contributed by atoms with van der Waals surface area (Å²) in [5, 5.41) is 6.96. The van der Waals surface area contributed by atoms with Crippen LogP contribution < -0.4 is 15.4 Å². The molecule has 0 aromatic heterocycles. The molecule has 0 radical (unpaired) electrons. The average molecular weight is 331 g/mol. The molecule has 0 amide bonds. The Labute approximate surface area is 144 Å². The Hall–Kier alpha value is -1.75. The van der Waals surface area contributed by atoms with Gasteiger partial charge in [0.25, 0.3) is 0 Å². The summed E-state index contributed by atoms with van der Waals surface area (Å²) in [5.41, 5.74) is 0.151. The van der Waals surface area contributed by atoms with Crippen molar-refractivity contribution in [3.8, 4) is 5.75 Å². The second-order valence-electron chi connectivity index (χ2n) is 7.11. The summed E-state index contributed by atoms with van der Waals surface area (Å²) in [6, 6.07) is 10.3. The molecule has 2 N–H and O–H groups in total. The molecule has 5 heteroatoms. The van der Waals surface area contributed by atoms with E-state index >= 15 is 0 Å². The van der Waals surface area contributed by atoms with Crippen molar-refractivity contribution in [1.29, 1.82) is 0 Å². The SMILES string of the molecule is CCNC(=NCCOc1ccccc1)NC1C2CCOC2C1(C)C. The van der Waals surface area contributed by atoms with Gasteiger partial charge in [-0.1, -0.05) is 32.0 Å². The number of ether oxygens (including phenoxy) is 2. The number of hydrogen-bond acceptors (Lipinski definition) is 3. The summed E-state index contributed by atoms with van der Waals surface area (Å²) in [4.78, 5) is 4.66. The van der Waals surface area contributed by atoms with Crippen LogP contribution in [-0.2, 0) is 4.74 Å². The Bertz CT molecular complexity index is 559. The number of rotatable bonds is 6. The molecule has 1 aromatic carbocycles. The first-order valence-corrected chi connectivity index (χ1v) is 8.97. The van der Waals surface area contributed by atoms with Crippen LogP contribution in [0.4, 0.5) is 0 Å². The number of fused-ring (bicyclic) bond motifs is 1. The van der Waals surface area contributed by atoms with Gasteiger partial charge in [-0.15, -0.1) is 0 Å². The van der Waals surface area contributed by atoms with Gasteiger partial charge >= 0.3 is 0 Å². The Kier molecular flexibility index (Phi) is 5.29. The van der Waals surface area contributed by atoms with Crippen LogP contribution in [0.15, 0.2) is 35.3 Å². The second-order valence-corrected chi connectivity index (χ2v) is 7.11. The van der Waals surface area contributed by atoms with Crippen molar-refractivity contribution in [1.82, 2.24) is 10.6 Å². The van der Waals surface area contributed by atoms with E-state index in [1.165, 1.54) is 0 Å². The first-order valence-electron chi connectivity index (χ1n) is 8.97. The lowest BCUT2D eigenvalue weighted by atomic mass is 9.57. The van der Waals surface area contributed by atoms with Gasteiger partial charge in [-0.05, 0) is 25.5 Å². The number of aliphatic imine (C=N–C) groups is 1. The molecule has 24 heavy (non-hydrogen) atoms. The third-order valence-corrected chi connectivity index (χ3v) is 5.11. The van der Waals surface area contributed by atoms with Gasteiger partial charge in [-0.2, -0.15) is 0 Å². The van der Waals surface area contributed by atoms with Crippen LogP contribution in [0.2, 0.25) is 0 Å². The molecule has 3 unspecified atom stereocenters. The van der Waals surface area contributed by atoms with Crippen LogP contribution in [0.1, 0.15) is 27.2 Å². The second kappa shape index (κ2) is 7.43.